The number of aliphatic carboxylic acids is 2. The maximum absolute atomic E-state index is 14.5. The van der Waals surface area contributed by atoms with E-state index in [-0.39, 0.29) is 72.4 Å². The van der Waals surface area contributed by atoms with Crippen LogP contribution in [-0.2, 0) is 42.0 Å². The third-order valence-electron chi connectivity index (χ3n) is 10.7. The van der Waals surface area contributed by atoms with Gasteiger partial charge in [-0.15, -0.1) is 34.9 Å². The summed E-state index contributed by atoms with van der Waals surface area (Å²) in [5.41, 5.74) is 5.29. The normalized spacial score (nSPS) is 20.5. The number of carbonyl (C=O) groups excluding carboxylic acids is 3. The number of nitrogens with zero attached hydrogens (tertiary/aromatic N) is 4. The van der Waals surface area contributed by atoms with E-state index >= 15 is 0 Å². The molecule has 7 rings (SSSR count). The molecule has 0 aliphatic carbocycles. The Bertz CT molecular complexity index is 2510. The van der Waals surface area contributed by atoms with Crippen LogP contribution in [-0.4, -0.2) is 134 Å². The van der Waals surface area contributed by atoms with E-state index in [0.29, 0.717) is 17.2 Å². The molecule has 3 aromatic carbocycles. The smallest absolute Gasteiger partial charge is 0.350 e. The van der Waals surface area contributed by atoms with Gasteiger partial charge in [0.2, 0.25) is 11.5 Å². The second-order valence-corrected chi connectivity index (χ2v) is 19.7. The van der Waals surface area contributed by atoms with Crippen LogP contribution in [0.5, 0.6) is 23.0 Å². The Balaban J connectivity index is 1.06. The highest BCUT2D eigenvalue weighted by atomic mass is 35.5. The minimum absolute atomic E-state index is 0.0178. The van der Waals surface area contributed by atoms with Crippen LogP contribution < -0.4 is 30.0 Å². The predicted octanol–water partition coefficient (Wildman–Crippen LogP) is 4.59. The van der Waals surface area contributed by atoms with Gasteiger partial charge in [-0.3, -0.25) is 14.4 Å². The highest BCUT2D eigenvalue weighted by Gasteiger charge is 2.63. The SMILES string of the molecule is COc1ccc(COc2ccc(C(=O)N3CCOCC3CS[C@]3(C(=O)O)CN4C(=O)[C@@H](NC(=O)/C(=N\OC(C)(C)C(=O)O)c5csc(N)n5)[C@H]4S3)c(Cl)c2OCc2ccc(OC)cc2)cc1. The van der Waals surface area contributed by atoms with Gasteiger partial charge in [0.05, 0.1) is 50.6 Å². The number of β-lactam (4-membered cyclic amide) rings is 1. The Hall–Kier alpha value is -5.94. The molecule has 5 N–H and O–H groups in total. The number of hydrogen-bond acceptors (Lipinski definition) is 17. The zero-order valence-corrected chi connectivity index (χ0v) is 39.1. The number of carboxylic acids is 2. The van der Waals surface area contributed by atoms with Crippen LogP contribution in [0.25, 0.3) is 0 Å². The van der Waals surface area contributed by atoms with Crippen LogP contribution in [0, 0.1) is 0 Å². The van der Waals surface area contributed by atoms with Gasteiger partial charge in [0.15, 0.2) is 26.4 Å². The molecule has 0 saturated carbocycles. The van der Waals surface area contributed by atoms with Crippen molar-refractivity contribution in [2.45, 2.75) is 54.2 Å². The summed E-state index contributed by atoms with van der Waals surface area (Å²) in [7, 11) is 3.15. The number of aromatic nitrogens is 1. The Morgan fingerprint density at radius 3 is 2.26 bits per heavy atom. The number of oxime groups is 1. The topological polar surface area (TPSA) is 251 Å². The summed E-state index contributed by atoms with van der Waals surface area (Å²) in [4.78, 5) is 78.4. The molecule has 3 aliphatic heterocycles. The van der Waals surface area contributed by atoms with Gasteiger partial charge >= 0.3 is 11.9 Å². The van der Waals surface area contributed by atoms with Gasteiger partial charge in [-0.05, 0) is 61.4 Å². The Labute approximate surface area is 395 Å². The highest BCUT2D eigenvalue weighted by Crippen LogP contribution is 2.53. The number of benzene rings is 3. The van der Waals surface area contributed by atoms with E-state index in [9.17, 15) is 34.2 Å². The van der Waals surface area contributed by atoms with E-state index < -0.39 is 62.5 Å². The lowest BCUT2D eigenvalue weighted by Gasteiger charge is -2.41. The quantitative estimate of drug-likeness (QED) is 0.0570. The number of carbonyl (C=O) groups is 5. The van der Waals surface area contributed by atoms with Crippen molar-refractivity contribution in [3.8, 4) is 23.0 Å². The molecule has 23 heteroatoms. The highest BCUT2D eigenvalue weighted by molar-refractivity contribution is 8.20. The number of rotatable bonds is 19. The lowest BCUT2D eigenvalue weighted by Crippen LogP contribution is -2.68. The van der Waals surface area contributed by atoms with Gasteiger partial charge < -0.3 is 59.6 Å². The van der Waals surface area contributed by atoms with Crippen LogP contribution in [0.2, 0.25) is 5.02 Å². The van der Waals surface area contributed by atoms with E-state index in [1.807, 2.05) is 36.4 Å². The number of halogens is 1. The molecule has 3 aliphatic rings. The number of morpholine rings is 1. The van der Waals surface area contributed by atoms with Crippen molar-refractivity contribution < 1.29 is 62.7 Å². The number of thiazole rings is 1. The van der Waals surface area contributed by atoms with Crippen LogP contribution >= 0.6 is 46.5 Å². The minimum atomic E-state index is -1.82. The Morgan fingerprint density at radius 2 is 1.67 bits per heavy atom. The summed E-state index contributed by atoms with van der Waals surface area (Å²) in [6, 6.07) is 16.0. The fourth-order valence-corrected chi connectivity index (χ4v) is 10.9. The molecule has 4 aromatic rings. The van der Waals surface area contributed by atoms with E-state index in [0.717, 1.165) is 46.0 Å². The lowest BCUT2D eigenvalue weighted by molar-refractivity contribution is -0.161. The second-order valence-electron chi connectivity index (χ2n) is 15.5. The largest absolute Gasteiger partial charge is 0.497 e. The lowest BCUT2D eigenvalue weighted by atomic mass is 10.1. The Kier molecular flexibility index (Phi) is 14.8. The maximum atomic E-state index is 14.5. The van der Waals surface area contributed by atoms with Crippen LogP contribution in [0.1, 0.15) is 41.0 Å². The third-order valence-corrected chi connectivity index (χ3v) is 15.2. The van der Waals surface area contributed by atoms with Crippen LogP contribution in [0.15, 0.2) is 71.2 Å². The predicted molar refractivity (Wildman–Crippen MR) is 245 cm³/mol. The molecule has 1 aromatic heterocycles. The van der Waals surface area contributed by atoms with E-state index in [4.69, 9.17) is 45.9 Å². The fraction of sp³-hybridized carbons (Fsp3) is 0.372. The van der Waals surface area contributed by atoms with Crippen molar-refractivity contribution in [3.63, 3.8) is 0 Å². The minimum Gasteiger partial charge on any atom is -0.497 e. The number of thioether (sulfide) groups is 2. The molecule has 4 atom stereocenters. The maximum Gasteiger partial charge on any atom is 0.350 e. The zero-order chi connectivity index (χ0) is 47.3. The van der Waals surface area contributed by atoms with Crippen molar-refractivity contribution in [2.24, 2.45) is 5.16 Å². The van der Waals surface area contributed by atoms with Crippen LogP contribution in [0.3, 0.4) is 0 Å². The molecule has 4 heterocycles. The standard InChI is InChI=1S/C43H45ClN6O13S3/c1-42(2,39(54)55)63-48-32(29-21-64-41(45)46-29)35(51)47-33-37(53)50-22-43(40(56)57,66-38(33)50)65-20-25-19-60-16-15-49(25)36(52)28-13-14-30(61-17-23-5-9-26(58-3)10-6-23)34(31(28)44)62-18-24-7-11-27(59-4)12-8-24/h5-14,21,25,33,38H,15-20,22H2,1-4H3,(H2,45,46)(H,47,51)(H,54,55)(H,56,57)/b48-32-/t25?,33-,38-,43-/m1/s1. The van der Waals surface area contributed by atoms with E-state index in [2.05, 4.69) is 15.5 Å². The first-order chi connectivity index (χ1) is 31.5. The molecular formula is C43H45ClN6O13S3. The molecule has 3 fully saturated rings. The van der Waals surface area contributed by atoms with Crippen molar-refractivity contribution in [1.82, 2.24) is 20.1 Å². The van der Waals surface area contributed by atoms with E-state index in [1.165, 1.54) is 24.1 Å². The average molecular weight is 986 g/mol. The molecular weight excluding hydrogens is 940 g/mol. The first-order valence-electron chi connectivity index (χ1n) is 20.1. The number of nitrogens with two attached hydrogens (primary N) is 1. The molecule has 350 valence electrons. The molecule has 0 spiro atoms. The first-order valence-corrected chi connectivity index (χ1v) is 23.3. The molecule has 19 nitrogen and oxygen atoms in total. The fourth-order valence-electron chi connectivity index (χ4n) is 6.84. The first kappa shape index (κ1) is 48.0. The zero-order valence-electron chi connectivity index (χ0n) is 35.9. The number of fused-ring (bicyclic) bond motifs is 1. The summed E-state index contributed by atoms with van der Waals surface area (Å²) < 4.78 is 27.2. The monoisotopic (exact) mass is 984 g/mol. The van der Waals surface area contributed by atoms with Crippen molar-refractivity contribution in [1.29, 1.82) is 0 Å². The number of nitrogens with one attached hydrogen (secondary N) is 1. The summed E-state index contributed by atoms with van der Waals surface area (Å²) in [5.74, 6) is -2.55. The number of amides is 3. The third kappa shape index (κ3) is 10.4. The second kappa shape index (κ2) is 20.3. The summed E-state index contributed by atoms with van der Waals surface area (Å²) in [5, 5.41) is 27.2. The van der Waals surface area contributed by atoms with E-state index in [1.54, 1.807) is 43.4 Å². The summed E-state index contributed by atoms with van der Waals surface area (Å²) in [6.07, 6.45) is 0. The molecule has 66 heavy (non-hydrogen) atoms. The van der Waals surface area contributed by atoms with Gasteiger partial charge in [0.1, 0.15) is 41.8 Å². The Morgan fingerprint density at radius 1 is 1.02 bits per heavy atom. The van der Waals surface area contributed by atoms with Gasteiger partial charge in [0, 0.05) is 17.7 Å². The summed E-state index contributed by atoms with van der Waals surface area (Å²) >= 11 is 10.1. The van der Waals surface area contributed by atoms with Gasteiger partial charge in [-0.1, -0.05) is 41.0 Å². The molecule has 3 saturated heterocycles. The summed E-state index contributed by atoms with van der Waals surface area (Å²) in [6.45, 7) is 3.00. The van der Waals surface area contributed by atoms with Crippen molar-refractivity contribution >= 4 is 87.0 Å². The number of methoxy groups -OCH3 is 2. The van der Waals surface area contributed by atoms with Crippen molar-refractivity contribution in [3.05, 3.63) is 93.5 Å². The molecule has 3 amide bonds. The van der Waals surface area contributed by atoms with Gasteiger partial charge in [-0.2, -0.15) is 0 Å². The van der Waals surface area contributed by atoms with Gasteiger partial charge in [-0.25, -0.2) is 14.6 Å². The number of ether oxygens (including phenoxy) is 5. The average Bonchev–Trinajstić information content (AvgIpc) is 3.91. The molecule has 0 bridgehead atoms. The van der Waals surface area contributed by atoms with Crippen molar-refractivity contribution in [2.75, 3.05) is 52.0 Å². The number of carboxylic acid groups (broad SMARTS) is 2. The van der Waals surface area contributed by atoms with Gasteiger partial charge in [0.25, 0.3) is 11.8 Å². The number of nitrogen functional groups attached to an aromatic ring is 1. The number of hydrogen-bond donors (Lipinski definition) is 4. The molecule has 0 radical (unpaired) electrons. The van der Waals surface area contributed by atoms with Crippen LogP contribution in [0.4, 0.5) is 5.13 Å². The molecule has 1 unspecified atom stereocenters. The number of anilines is 1.